The standard InChI is InChI=1S/C24H16ClF3N2O2/c1-14-2-7-17(26)13-21(14)30-22(29-20-12-16(25)6-10-19(20)23(30)31)11-5-15-3-8-18(9-4-15)32-24(27)28/h2-13,24H,1H3. The van der Waals surface area contributed by atoms with Crippen LogP contribution < -0.4 is 10.3 Å². The minimum atomic E-state index is -2.91. The van der Waals surface area contributed by atoms with Crippen molar-refractivity contribution in [1.82, 2.24) is 9.55 Å². The van der Waals surface area contributed by atoms with Crippen LogP contribution in [0.5, 0.6) is 5.75 Å². The second kappa shape index (κ2) is 8.88. The fourth-order valence-electron chi connectivity index (χ4n) is 3.28. The number of halogens is 4. The second-order valence-corrected chi connectivity index (χ2v) is 7.42. The molecule has 0 N–H and O–H groups in total. The maximum Gasteiger partial charge on any atom is 0.387 e. The van der Waals surface area contributed by atoms with Gasteiger partial charge in [-0.1, -0.05) is 35.9 Å². The topological polar surface area (TPSA) is 44.1 Å². The predicted octanol–water partition coefficient (Wildman–Crippen LogP) is 6.26. The summed E-state index contributed by atoms with van der Waals surface area (Å²) in [6.07, 6.45) is 3.25. The third-order valence-electron chi connectivity index (χ3n) is 4.80. The van der Waals surface area contributed by atoms with Crippen LogP contribution in [0.1, 0.15) is 17.0 Å². The average Bonchev–Trinajstić information content (AvgIpc) is 2.75. The van der Waals surface area contributed by atoms with Gasteiger partial charge < -0.3 is 4.74 Å². The van der Waals surface area contributed by atoms with Crippen LogP contribution in [0.4, 0.5) is 13.2 Å². The summed E-state index contributed by atoms with van der Waals surface area (Å²) >= 11 is 6.07. The molecule has 32 heavy (non-hydrogen) atoms. The van der Waals surface area contributed by atoms with E-state index < -0.39 is 12.4 Å². The van der Waals surface area contributed by atoms with E-state index in [0.29, 0.717) is 32.7 Å². The molecule has 8 heteroatoms. The van der Waals surface area contributed by atoms with Crippen molar-refractivity contribution in [2.24, 2.45) is 0 Å². The van der Waals surface area contributed by atoms with Crippen molar-refractivity contribution >= 4 is 34.7 Å². The van der Waals surface area contributed by atoms with Crippen LogP contribution in [-0.2, 0) is 0 Å². The molecule has 0 bridgehead atoms. The molecule has 0 amide bonds. The van der Waals surface area contributed by atoms with Gasteiger partial charge in [0.1, 0.15) is 17.4 Å². The lowest BCUT2D eigenvalue weighted by molar-refractivity contribution is -0.0498. The van der Waals surface area contributed by atoms with Crippen molar-refractivity contribution in [2.75, 3.05) is 0 Å². The van der Waals surface area contributed by atoms with Gasteiger partial charge in [0.15, 0.2) is 0 Å². The molecule has 0 aliphatic rings. The van der Waals surface area contributed by atoms with Crippen molar-refractivity contribution in [3.63, 3.8) is 0 Å². The molecule has 0 spiro atoms. The third kappa shape index (κ3) is 4.53. The van der Waals surface area contributed by atoms with Crippen LogP contribution >= 0.6 is 11.6 Å². The lowest BCUT2D eigenvalue weighted by atomic mass is 10.1. The van der Waals surface area contributed by atoms with Gasteiger partial charge in [0.25, 0.3) is 5.56 Å². The number of ether oxygens (including phenoxy) is 1. The Kier molecular flexibility index (Phi) is 6.01. The van der Waals surface area contributed by atoms with E-state index >= 15 is 0 Å². The van der Waals surface area contributed by atoms with Gasteiger partial charge in [-0.25, -0.2) is 9.37 Å². The molecule has 162 valence electrons. The van der Waals surface area contributed by atoms with Crippen molar-refractivity contribution in [1.29, 1.82) is 0 Å². The van der Waals surface area contributed by atoms with Crippen molar-refractivity contribution in [3.8, 4) is 11.4 Å². The minimum absolute atomic E-state index is 0.0305. The third-order valence-corrected chi connectivity index (χ3v) is 5.03. The summed E-state index contributed by atoms with van der Waals surface area (Å²) in [7, 11) is 0. The highest BCUT2D eigenvalue weighted by molar-refractivity contribution is 6.31. The Morgan fingerprint density at radius 1 is 1.03 bits per heavy atom. The Hall–Kier alpha value is -3.58. The first-order valence-electron chi connectivity index (χ1n) is 9.53. The Balaban J connectivity index is 1.86. The van der Waals surface area contributed by atoms with Gasteiger partial charge in [-0.2, -0.15) is 8.78 Å². The van der Waals surface area contributed by atoms with Crippen LogP contribution in [0.2, 0.25) is 5.02 Å². The van der Waals surface area contributed by atoms with Gasteiger partial charge in [-0.05, 0) is 66.6 Å². The van der Waals surface area contributed by atoms with Crippen LogP contribution in [0, 0.1) is 12.7 Å². The van der Waals surface area contributed by atoms with Gasteiger partial charge in [0.2, 0.25) is 0 Å². The van der Waals surface area contributed by atoms with Gasteiger partial charge in [-0.15, -0.1) is 0 Å². The van der Waals surface area contributed by atoms with E-state index in [4.69, 9.17) is 11.6 Å². The molecule has 0 aliphatic heterocycles. The average molecular weight is 457 g/mol. The molecule has 0 radical (unpaired) electrons. The Morgan fingerprint density at radius 2 is 1.78 bits per heavy atom. The first-order chi connectivity index (χ1) is 15.3. The zero-order valence-corrected chi connectivity index (χ0v) is 17.5. The zero-order valence-electron chi connectivity index (χ0n) is 16.7. The summed E-state index contributed by atoms with van der Waals surface area (Å²) in [4.78, 5) is 17.9. The molecule has 3 aromatic carbocycles. The molecule has 0 atom stereocenters. The quantitative estimate of drug-likeness (QED) is 0.356. The van der Waals surface area contributed by atoms with Crippen LogP contribution in [0.25, 0.3) is 28.7 Å². The molecule has 0 saturated heterocycles. The summed E-state index contributed by atoms with van der Waals surface area (Å²) in [6, 6.07) is 14.9. The Labute approximate surface area is 186 Å². The van der Waals surface area contributed by atoms with Crippen molar-refractivity contribution in [2.45, 2.75) is 13.5 Å². The largest absolute Gasteiger partial charge is 0.435 e. The Morgan fingerprint density at radius 3 is 2.50 bits per heavy atom. The van der Waals surface area contributed by atoms with E-state index in [9.17, 15) is 18.0 Å². The molecule has 0 saturated carbocycles. The summed E-state index contributed by atoms with van der Waals surface area (Å²) in [5.41, 5.74) is 1.73. The van der Waals surface area contributed by atoms with Gasteiger partial charge in [0, 0.05) is 5.02 Å². The van der Waals surface area contributed by atoms with Crippen LogP contribution in [-0.4, -0.2) is 16.2 Å². The maximum atomic E-state index is 14.0. The molecule has 0 fully saturated rings. The van der Waals surface area contributed by atoms with E-state index in [2.05, 4.69) is 9.72 Å². The molecule has 4 rings (SSSR count). The number of alkyl halides is 2. The summed E-state index contributed by atoms with van der Waals surface area (Å²) < 4.78 is 44.4. The maximum absolute atomic E-state index is 14.0. The molecule has 0 aliphatic carbocycles. The number of fused-ring (bicyclic) bond motifs is 1. The normalized spacial score (nSPS) is 11.6. The van der Waals surface area contributed by atoms with Gasteiger partial charge in [0.05, 0.1) is 16.6 Å². The molecular weight excluding hydrogens is 441 g/mol. The fraction of sp³-hybridized carbons (Fsp3) is 0.0833. The number of aromatic nitrogens is 2. The van der Waals surface area contributed by atoms with Gasteiger partial charge >= 0.3 is 6.61 Å². The van der Waals surface area contributed by atoms with Crippen molar-refractivity contribution < 1.29 is 17.9 Å². The number of nitrogens with zero attached hydrogens (tertiary/aromatic N) is 2. The minimum Gasteiger partial charge on any atom is -0.435 e. The summed E-state index contributed by atoms with van der Waals surface area (Å²) in [6.45, 7) is -1.14. The highest BCUT2D eigenvalue weighted by Gasteiger charge is 2.14. The summed E-state index contributed by atoms with van der Waals surface area (Å²) in [5.74, 6) is -0.201. The highest BCUT2D eigenvalue weighted by atomic mass is 35.5. The smallest absolute Gasteiger partial charge is 0.387 e. The molecule has 1 heterocycles. The Bertz CT molecular complexity index is 1380. The molecule has 0 unspecified atom stereocenters. The number of benzene rings is 3. The lowest BCUT2D eigenvalue weighted by Crippen LogP contribution is -2.23. The lowest BCUT2D eigenvalue weighted by Gasteiger charge is -2.14. The monoisotopic (exact) mass is 456 g/mol. The first kappa shape index (κ1) is 21.6. The number of hydrogen-bond donors (Lipinski definition) is 0. The molecule has 4 nitrogen and oxygen atoms in total. The first-order valence-corrected chi connectivity index (χ1v) is 9.91. The fourth-order valence-corrected chi connectivity index (χ4v) is 3.44. The number of aryl methyl sites for hydroxylation is 1. The number of rotatable bonds is 5. The van der Waals surface area contributed by atoms with E-state index in [1.165, 1.54) is 28.8 Å². The summed E-state index contributed by atoms with van der Waals surface area (Å²) in [5, 5.41) is 0.761. The van der Waals surface area contributed by atoms with Crippen LogP contribution in [0.3, 0.4) is 0 Å². The van der Waals surface area contributed by atoms with E-state index in [-0.39, 0.29) is 17.1 Å². The van der Waals surface area contributed by atoms with Crippen molar-refractivity contribution in [3.05, 3.63) is 98.8 Å². The number of hydrogen-bond acceptors (Lipinski definition) is 3. The second-order valence-electron chi connectivity index (χ2n) is 6.98. The zero-order chi connectivity index (χ0) is 22.8. The SMILES string of the molecule is Cc1ccc(F)cc1-n1c(C=Cc2ccc(OC(F)F)cc2)nc2cc(Cl)ccc2c1=O. The predicted molar refractivity (Wildman–Crippen MR) is 119 cm³/mol. The molecule has 4 aromatic rings. The highest BCUT2D eigenvalue weighted by Crippen LogP contribution is 2.22. The van der Waals surface area contributed by atoms with E-state index in [0.717, 1.165) is 0 Å². The van der Waals surface area contributed by atoms with Crippen LogP contribution in [0.15, 0.2) is 65.5 Å². The molecule has 1 aromatic heterocycles. The molecular formula is C24H16ClF3N2O2. The van der Waals surface area contributed by atoms with E-state index in [1.807, 2.05) is 0 Å². The van der Waals surface area contributed by atoms with Gasteiger partial charge in [-0.3, -0.25) is 9.36 Å². The van der Waals surface area contributed by atoms with E-state index in [1.54, 1.807) is 55.5 Å².